The molecule has 142 valence electrons. The third kappa shape index (κ3) is 3.12. The Hall–Kier alpha value is -2.32. The first kappa shape index (κ1) is 18.1. The normalized spacial score (nSPS) is 22.7. The number of rotatable bonds is 3. The molecule has 2 aromatic carbocycles. The number of hydrogen-bond donors (Lipinski definition) is 0. The van der Waals surface area contributed by atoms with Crippen LogP contribution in [0, 0.1) is 11.6 Å². The first-order valence-corrected chi connectivity index (χ1v) is 10.2. The largest absolute Gasteiger partial charge is 0.449 e. The molecule has 1 saturated heterocycles. The van der Waals surface area contributed by atoms with E-state index in [2.05, 4.69) is 0 Å². The monoisotopic (exact) mass is 393 g/mol. The van der Waals surface area contributed by atoms with Crippen LogP contribution in [-0.4, -0.2) is 31.8 Å². The summed E-state index contributed by atoms with van der Waals surface area (Å²) in [6.07, 6.45) is 1.00. The van der Waals surface area contributed by atoms with Gasteiger partial charge in [-0.05, 0) is 37.1 Å². The Morgan fingerprint density at radius 1 is 1.15 bits per heavy atom. The van der Waals surface area contributed by atoms with Crippen LogP contribution in [0.3, 0.4) is 0 Å². The molecule has 0 aliphatic carbocycles. The summed E-state index contributed by atoms with van der Waals surface area (Å²) in [5, 5.41) is 0. The van der Waals surface area contributed by atoms with Crippen molar-refractivity contribution in [1.29, 1.82) is 0 Å². The molecule has 27 heavy (non-hydrogen) atoms. The third-order valence-corrected chi connectivity index (χ3v) is 6.86. The standard InChI is InChI=1S/C19H17F2NO4S/c20-14-6-7-17(21)13(10-14)11-27(24,25)22-9-3-8-19(12-22)16-5-2-1-4-15(16)18(23)26-19/h1-2,4-7,10H,3,8-9,11-12H2. The lowest BCUT2D eigenvalue weighted by Gasteiger charge is -2.38. The fourth-order valence-electron chi connectivity index (χ4n) is 3.81. The predicted molar refractivity (Wildman–Crippen MR) is 93.3 cm³/mol. The number of sulfonamides is 1. The van der Waals surface area contributed by atoms with Crippen LogP contribution in [0.25, 0.3) is 0 Å². The number of nitrogens with zero attached hydrogens (tertiary/aromatic N) is 1. The Bertz CT molecular complexity index is 1020. The van der Waals surface area contributed by atoms with Gasteiger partial charge in [0.2, 0.25) is 10.0 Å². The van der Waals surface area contributed by atoms with E-state index in [1.54, 1.807) is 24.3 Å². The zero-order valence-electron chi connectivity index (χ0n) is 14.3. The summed E-state index contributed by atoms with van der Waals surface area (Å²) in [6, 6.07) is 9.66. The van der Waals surface area contributed by atoms with E-state index in [0.717, 1.165) is 18.2 Å². The van der Waals surface area contributed by atoms with Gasteiger partial charge >= 0.3 is 5.97 Å². The van der Waals surface area contributed by atoms with Gasteiger partial charge in [0, 0.05) is 17.7 Å². The number of fused-ring (bicyclic) bond motifs is 2. The average Bonchev–Trinajstić information content (AvgIpc) is 2.90. The Morgan fingerprint density at radius 3 is 2.74 bits per heavy atom. The van der Waals surface area contributed by atoms with E-state index in [1.165, 1.54) is 4.31 Å². The van der Waals surface area contributed by atoms with Gasteiger partial charge in [-0.1, -0.05) is 18.2 Å². The third-order valence-electron chi connectivity index (χ3n) is 5.08. The maximum Gasteiger partial charge on any atom is 0.339 e. The van der Waals surface area contributed by atoms with Crippen molar-refractivity contribution in [3.05, 3.63) is 70.8 Å². The molecule has 8 heteroatoms. The summed E-state index contributed by atoms with van der Waals surface area (Å²) in [7, 11) is -3.92. The molecule has 0 N–H and O–H groups in total. The molecule has 4 rings (SSSR count). The van der Waals surface area contributed by atoms with Gasteiger partial charge in [-0.15, -0.1) is 0 Å². The molecule has 1 fully saturated rings. The number of piperidine rings is 1. The number of benzene rings is 2. The van der Waals surface area contributed by atoms with E-state index in [9.17, 15) is 22.0 Å². The lowest BCUT2D eigenvalue weighted by atomic mass is 9.86. The van der Waals surface area contributed by atoms with E-state index in [1.807, 2.05) is 0 Å². The zero-order valence-corrected chi connectivity index (χ0v) is 15.1. The van der Waals surface area contributed by atoms with Gasteiger partial charge in [0.25, 0.3) is 0 Å². The molecule has 5 nitrogen and oxygen atoms in total. The molecule has 0 saturated carbocycles. The highest BCUT2D eigenvalue weighted by Gasteiger charge is 2.49. The molecule has 1 atom stereocenters. The molecule has 0 bridgehead atoms. The number of ether oxygens (including phenoxy) is 1. The first-order valence-electron chi connectivity index (χ1n) is 8.55. The summed E-state index contributed by atoms with van der Waals surface area (Å²) < 4.78 is 59.8. The molecular formula is C19H17F2NO4S. The van der Waals surface area contributed by atoms with Crippen LogP contribution in [-0.2, 0) is 26.1 Å². The molecule has 2 heterocycles. The second-order valence-electron chi connectivity index (χ2n) is 6.86. The zero-order chi connectivity index (χ0) is 19.2. The topological polar surface area (TPSA) is 63.7 Å². The average molecular weight is 393 g/mol. The van der Waals surface area contributed by atoms with Gasteiger partial charge in [-0.25, -0.2) is 22.0 Å². The minimum Gasteiger partial charge on any atom is -0.449 e. The van der Waals surface area contributed by atoms with Gasteiger partial charge in [0.15, 0.2) is 5.60 Å². The number of esters is 1. The quantitative estimate of drug-likeness (QED) is 0.753. The van der Waals surface area contributed by atoms with Crippen molar-refractivity contribution in [3.63, 3.8) is 0 Å². The SMILES string of the molecule is O=C1OC2(CCCN(S(=O)(=O)Cc3cc(F)ccc3F)C2)c2ccccc21. The summed E-state index contributed by atoms with van der Waals surface area (Å²) in [5.74, 6) is -2.59. The summed E-state index contributed by atoms with van der Waals surface area (Å²) in [5.41, 5.74) is -0.141. The molecular weight excluding hydrogens is 376 g/mol. The van der Waals surface area contributed by atoms with Crippen molar-refractivity contribution in [3.8, 4) is 0 Å². The van der Waals surface area contributed by atoms with Crippen LogP contribution in [0.1, 0.15) is 34.3 Å². The lowest BCUT2D eigenvalue weighted by molar-refractivity contribution is -0.0345. The van der Waals surface area contributed by atoms with E-state index in [0.29, 0.717) is 24.0 Å². The molecule has 0 radical (unpaired) electrons. The van der Waals surface area contributed by atoms with Crippen molar-refractivity contribution in [2.75, 3.05) is 13.1 Å². The number of hydrogen-bond acceptors (Lipinski definition) is 4. The van der Waals surface area contributed by atoms with E-state index in [-0.39, 0.29) is 18.7 Å². The highest BCUT2D eigenvalue weighted by Crippen LogP contribution is 2.43. The number of halogens is 2. The molecule has 1 spiro atoms. The van der Waals surface area contributed by atoms with Crippen LogP contribution < -0.4 is 0 Å². The second kappa shape index (κ2) is 6.38. The van der Waals surface area contributed by atoms with Gasteiger partial charge in [-0.2, -0.15) is 4.31 Å². The Kier molecular flexibility index (Phi) is 4.27. The minimum absolute atomic E-state index is 0.0327. The molecule has 2 aliphatic rings. The Morgan fingerprint density at radius 2 is 1.93 bits per heavy atom. The lowest BCUT2D eigenvalue weighted by Crippen LogP contribution is -2.49. The van der Waals surface area contributed by atoms with Crippen LogP contribution >= 0.6 is 0 Å². The maximum atomic E-state index is 13.9. The van der Waals surface area contributed by atoms with Gasteiger partial charge in [0.1, 0.15) is 11.6 Å². The molecule has 0 amide bonds. The molecule has 2 aliphatic heterocycles. The number of carbonyl (C=O) groups excluding carboxylic acids is 1. The van der Waals surface area contributed by atoms with E-state index in [4.69, 9.17) is 4.74 Å². The fourth-order valence-corrected chi connectivity index (χ4v) is 5.42. The van der Waals surface area contributed by atoms with Crippen LogP contribution in [0.2, 0.25) is 0 Å². The van der Waals surface area contributed by atoms with Gasteiger partial charge < -0.3 is 4.74 Å². The molecule has 1 unspecified atom stereocenters. The van der Waals surface area contributed by atoms with Gasteiger partial charge in [0.05, 0.1) is 17.9 Å². The Labute approximate surface area is 155 Å². The van der Waals surface area contributed by atoms with E-state index >= 15 is 0 Å². The van der Waals surface area contributed by atoms with Crippen molar-refractivity contribution in [2.45, 2.75) is 24.2 Å². The molecule has 2 aromatic rings. The minimum atomic E-state index is -3.92. The van der Waals surface area contributed by atoms with Crippen molar-refractivity contribution in [2.24, 2.45) is 0 Å². The van der Waals surface area contributed by atoms with Crippen molar-refractivity contribution in [1.82, 2.24) is 4.31 Å². The summed E-state index contributed by atoms with van der Waals surface area (Å²) in [6.45, 7) is 0.204. The predicted octanol–water partition coefficient (Wildman–Crippen LogP) is 2.96. The first-order chi connectivity index (χ1) is 12.8. The van der Waals surface area contributed by atoms with Crippen molar-refractivity contribution >= 4 is 16.0 Å². The smallest absolute Gasteiger partial charge is 0.339 e. The summed E-state index contributed by atoms with van der Waals surface area (Å²) in [4.78, 5) is 12.2. The second-order valence-corrected chi connectivity index (χ2v) is 8.83. The fraction of sp³-hybridized carbons (Fsp3) is 0.316. The highest BCUT2D eigenvalue weighted by atomic mass is 32.2. The van der Waals surface area contributed by atoms with Crippen LogP contribution in [0.4, 0.5) is 8.78 Å². The van der Waals surface area contributed by atoms with Crippen molar-refractivity contribution < 1.29 is 26.7 Å². The Balaban J connectivity index is 1.64. The van der Waals surface area contributed by atoms with Gasteiger partial charge in [-0.3, -0.25) is 0 Å². The summed E-state index contributed by atoms with van der Waals surface area (Å²) >= 11 is 0. The van der Waals surface area contributed by atoms with E-state index < -0.39 is 39.0 Å². The maximum absolute atomic E-state index is 13.9. The van der Waals surface area contributed by atoms with Crippen LogP contribution in [0.5, 0.6) is 0 Å². The molecule has 0 aromatic heterocycles. The highest BCUT2D eigenvalue weighted by molar-refractivity contribution is 7.88. The van der Waals surface area contributed by atoms with Crippen LogP contribution in [0.15, 0.2) is 42.5 Å². The number of carbonyl (C=O) groups is 1.